The lowest BCUT2D eigenvalue weighted by molar-refractivity contribution is -0.142. The molecule has 7 heteroatoms. The van der Waals surface area contributed by atoms with Crippen LogP contribution < -0.4 is 5.32 Å². The molecule has 0 heterocycles. The van der Waals surface area contributed by atoms with Gasteiger partial charge in [-0.25, -0.2) is 9.59 Å². The van der Waals surface area contributed by atoms with E-state index < -0.39 is 23.7 Å². The van der Waals surface area contributed by atoms with E-state index in [1.54, 1.807) is 20.8 Å². The molecule has 0 aliphatic carbocycles. The summed E-state index contributed by atoms with van der Waals surface area (Å²) in [4.78, 5) is 24.6. The molecule has 0 aliphatic rings. The van der Waals surface area contributed by atoms with Gasteiger partial charge in [0.25, 0.3) is 0 Å². The molecule has 1 amide bonds. The zero-order valence-electron chi connectivity index (χ0n) is 13.0. The molecule has 0 saturated carbocycles. The average Bonchev–Trinajstić information content (AvgIpc) is 2.40. The molecule has 0 fully saturated rings. The first-order valence-electron chi connectivity index (χ1n) is 6.67. The molecule has 22 heavy (non-hydrogen) atoms. The Kier molecular flexibility index (Phi) is 7.22. The minimum atomic E-state index is -0.774. The van der Waals surface area contributed by atoms with Gasteiger partial charge in [-0.3, -0.25) is 0 Å². The molecule has 1 rings (SSSR count). The van der Waals surface area contributed by atoms with E-state index in [0.29, 0.717) is 5.75 Å². The van der Waals surface area contributed by atoms with Gasteiger partial charge in [-0.05, 0) is 39.0 Å². The number of halogens is 1. The highest BCUT2D eigenvalue weighted by molar-refractivity contribution is 9.10. The number of methoxy groups -OCH3 is 1. The monoisotopic (exact) mass is 389 g/mol. The van der Waals surface area contributed by atoms with Crippen molar-refractivity contribution in [1.29, 1.82) is 0 Å². The minimum Gasteiger partial charge on any atom is -0.467 e. The fraction of sp³-hybridized carbons (Fsp3) is 0.467. The van der Waals surface area contributed by atoms with Gasteiger partial charge in [-0.1, -0.05) is 22.0 Å². The molecule has 0 saturated heterocycles. The molecule has 1 N–H and O–H groups in total. The van der Waals surface area contributed by atoms with Crippen molar-refractivity contribution >= 4 is 39.8 Å². The van der Waals surface area contributed by atoms with Crippen LogP contribution in [0, 0.1) is 0 Å². The molecule has 1 atom stereocenters. The Balaban J connectivity index is 2.65. The van der Waals surface area contributed by atoms with Gasteiger partial charge in [-0.15, -0.1) is 11.8 Å². The molecule has 5 nitrogen and oxygen atoms in total. The smallest absolute Gasteiger partial charge is 0.408 e. The number of carbonyl (C=O) groups excluding carboxylic acids is 2. The number of nitrogens with one attached hydrogen (secondary N) is 1. The van der Waals surface area contributed by atoms with E-state index in [1.807, 2.05) is 24.3 Å². The summed E-state index contributed by atoms with van der Waals surface area (Å²) in [5.74, 6) is -0.157. The Bertz CT molecular complexity index is 531. The largest absolute Gasteiger partial charge is 0.467 e. The number of amides is 1. The van der Waals surface area contributed by atoms with Crippen molar-refractivity contribution in [3.8, 4) is 0 Å². The number of hydrogen-bond acceptors (Lipinski definition) is 5. The summed E-state index contributed by atoms with van der Waals surface area (Å²) in [5.41, 5.74) is -0.623. The fourth-order valence-electron chi connectivity index (χ4n) is 1.50. The lowest BCUT2D eigenvalue weighted by Gasteiger charge is -2.22. The second kappa shape index (κ2) is 8.43. The third-order valence-corrected chi connectivity index (χ3v) is 3.97. The van der Waals surface area contributed by atoms with Gasteiger partial charge in [0.05, 0.1) is 7.11 Å². The quantitative estimate of drug-likeness (QED) is 0.615. The van der Waals surface area contributed by atoms with E-state index in [4.69, 9.17) is 9.47 Å². The van der Waals surface area contributed by atoms with E-state index >= 15 is 0 Å². The van der Waals surface area contributed by atoms with E-state index in [0.717, 1.165) is 9.37 Å². The van der Waals surface area contributed by atoms with Crippen molar-refractivity contribution in [3.63, 3.8) is 0 Å². The van der Waals surface area contributed by atoms with Crippen LogP contribution in [0.1, 0.15) is 20.8 Å². The van der Waals surface area contributed by atoms with Crippen LogP contribution in [-0.2, 0) is 14.3 Å². The zero-order chi connectivity index (χ0) is 16.8. The van der Waals surface area contributed by atoms with Gasteiger partial charge < -0.3 is 14.8 Å². The Hall–Kier alpha value is -1.21. The van der Waals surface area contributed by atoms with Crippen LogP contribution in [0.5, 0.6) is 0 Å². The number of thioether (sulfide) groups is 1. The summed E-state index contributed by atoms with van der Waals surface area (Å²) in [6.45, 7) is 5.28. The van der Waals surface area contributed by atoms with Gasteiger partial charge in [0, 0.05) is 15.1 Å². The van der Waals surface area contributed by atoms with Crippen LogP contribution in [0.15, 0.2) is 33.6 Å². The number of benzene rings is 1. The number of esters is 1. The number of ether oxygens (including phenoxy) is 2. The van der Waals surface area contributed by atoms with Crippen molar-refractivity contribution in [1.82, 2.24) is 5.32 Å². The zero-order valence-corrected chi connectivity index (χ0v) is 15.4. The molecule has 1 aromatic rings. The van der Waals surface area contributed by atoms with Gasteiger partial charge in [0.2, 0.25) is 0 Å². The summed E-state index contributed by atoms with van der Waals surface area (Å²) in [7, 11) is 1.29. The van der Waals surface area contributed by atoms with Crippen molar-refractivity contribution in [2.24, 2.45) is 0 Å². The Labute approximate surface area is 143 Å². The number of hydrogen-bond donors (Lipinski definition) is 1. The molecular formula is C15H20BrNO4S. The molecule has 1 aromatic carbocycles. The normalized spacial score (nSPS) is 12.4. The topological polar surface area (TPSA) is 64.6 Å². The summed E-state index contributed by atoms with van der Waals surface area (Å²) >= 11 is 4.84. The minimum absolute atomic E-state index is 0.350. The molecule has 122 valence electrons. The maximum absolute atomic E-state index is 11.8. The molecule has 1 unspecified atom stereocenters. The number of carbonyl (C=O) groups is 2. The highest BCUT2D eigenvalue weighted by Crippen LogP contribution is 2.22. The number of alkyl carbamates (subject to hydrolysis) is 1. The van der Waals surface area contributed by atoms with Crippen LogP contribution in [0.25, 0.3) is 0 Å². The highest BCUT2D eigenvalue weighted by atomic mass is 79.9. The lowest BCUT2D eigenvalue weighted by atomic mass is 10.2. The van der Waals surface area contributed by atoms with Crippen LogP contribution in [0.2, 0.25) is 0 Å². The first-order chi connectivity index (χ1) is 10.2. The van der Waals surface area contributed by atoms with E-state index in [9.17, 15) is 9.59 Å². The molecule has 0 aliphatic heterocycles. The molecule has 0 bridgehead atoms. The summed E-state index contributed by atoms with van der Waals surface area (Å²) in [6.07, 6.45) is -0.641. The first kappa shape index (κ1) is 18.8. The number of rotatable bonds is 5. The molecule has 0 radical (unpaired) electrons. The third-order valence-electron chi connectivity index (χ3n) is 2.39. The summed E-state index contributed by atoms with van der Waals surface area (Å²) in [5, 5.41) is 2.54. The van der Waals surface area contributed by atoms with E-state index in [-0.39, 0.29) is 0 Å². The molecular weight excluding hydrogens is 370 g/mol. The Morgan fingerprint density at radius 2 is 2.05 bits per heavy atom. The fourth-order valence-corrected chi connectivity index (χ4v) is 3.01. The van der Waals surface area contributed by atoms with Gasteiger partial charge in [0.15, 0.2) is 0 Å². The SMILES string of the molecule is COC(=O)C(CSc1cccc(Br)c1)NC(=O)OC(C)(C)C. The third kappa shape index (κ3) is 7.17. The van der Waals surface area contributed by atoms with Crippen molar-refractivity contribution in [2.75, 3.05) is 12.9 Å². The van der Waals surface area contributed by atoms with Crippen LogP contribution >= 0.6 is 27.7 Å². The van der Waals surface area contributed by atoms with Gasteiger partial charge >= 0.3 is 12.1 Å². The van der Waals surface area contributed by atoms with Gasteiger partial charge in [-0.2, -0.15) is 0 Å². The van der Waals surface area contributed by atoms with E-state index in [2.05, 4.69) is 21.2 Å². The molecule has 0 aromatic heterocycles. The van der Waals surface area contributed by atoms with E-state index in [1.165, 1.54) is 18.9 Å². The van der Waals surface area contributed by atoms with Crippen LogP contribution in [0.3, 0.4) is 0 Å². The highest BCUT2D eigenvalue weighted by Gasteiger charge is 2.25. The summed E-state index contributed by atoms with van der Waals surface area (Å²) < 4.78 is 10.8. The maximum atomic E-state index is 11.8. The van der Waals surface area contributed by atoms with Crippen LogP contribution in [-0.4, -0.2) is 36.6 Å². The van der Waals surface area contributed by atoms with Crippen LogP contribution in [0.4, 0.5) is 4.79 Å². The second-order valence-electron chi connectivity index (χ2n) is 5.49. The second-order valence-corrected chi connectivity index (χ2v) is 7.50. The summed E-state index contributed by atoms with van der Waals surface area (Å²) in [6, 6.07) is 6.91. The van der Waals surface area contributed by atoms with Crippen molar-refractivity contribution in [3.05, 3.63) is 28.7 Å². The predicted octanol–water partition coefficient (Wildman–Crippen LogP) is 3.61. The maximum Gasteiger partial charge on any atom is 0.408 e. The van der Waals surface area contributed by atoms with Gasteiger partial charge in [0.1, 0.15) is 11.6 Å². The Morgan fingerprint density at radius 1 is 1.36 bits per heavy atom. The standard InChI is InChI=1S/C15H20BrNO4S/c1-15(2,3)21-14(19)17-12(13(18)20-4)9-22-11-7-5-6-10(16)8-11/h5-8,12H,9H2,1-4H3,(H,17,19). The lowest BCUT2D eigenvalue weighted by Crippen LogP contribution is -2.45. The van der Waals surface area contributed by atoms with Crippen molar-refractivity contribution < 1.29 is 19.1 Å². The van der Waals surface area contributed by atoms with Crippen molar-refractivity contribution in [2.45, 2.75) is 37.3 Å². The molecule has 0 spiro atoms. The Morgan fingerprint density at radius 3 is 2.59 bits per heavy atom. The predicted molar refractivity (Wildman–Crippen MR) is 90.0 cm³/mol. The average molecular weight is 390 g/mol. The first-order valence-corrected chi connectivity index (χ1v) is 8.45.